The summed E-state index contributed by atoms with van der Waals surface area (Å²) in [6.45, 7) is 4.48. The largest absolute Gasteiger partial charge is 0.383 e. The summed E-state index contributed by atoms with van der Waals surface area (Å²) < 4.78 is 42.1. The van der Waals surface area contributed by atoms with Crippen molar-refractivity contribution in [2.24, 2.45) is 0 Å². The highest BCUT2D eigenvalue weighted by Gasteiger charge is 2.26. The number of fused-ring (bicyclic) bond motifs is 1. The van der Waals surface area contributed by atoms with E-state index in [0.717, 1.165) is 11.3 Å². The molecule has 3 aromatic rings. The number of hydrogen-bond donors (Lipinski definition) is 1. The lowest BCUT2D eigenvalue weighted by Crippen LogP contribution is -2.36. The normalized spacial score (nSPS) is 16.1. The number of nitrogens with one attached hydrogen (secondary N) is 1. The monoisotopic (exact) mass is 471 g/mol. The molecule has 4 heterocycles. The Hall–Kier alpha value is -3.15. The Kier molecular flexibility index (Phi) is 6.66. The second kappa shape index (κ2) is 10.00. The Bertz CT molecular complexity index is 1130. The van der Waals surface area contributed by atoms with E-state index in [0.29, 0.717) is 69.9 Å². The molecule has 2 aliphatic heterocycles. The van der Waals surface area contributed by atoms with Gasteiger partial charge >= 0.3 is 0 Å². The molecule has 2 aromatic heterocycles. The van der Waals surface area contributed by atoms with E-state index in [2.05, 4.69) is 20.4 Å². The second-order valence-electron chi connectivity index (χ2n) is 8.33. The lowest BCUT2D eigenvalue weighted by atomic mass is 10.1. The molecule has 34 heavy (non-hydrogen) atoms. The molecule has 0 unspecified atom stereocenters. The summed E-state index contributed by atoms with van der Waals surface area (Å²) in [4.78, 5) is 12.8. The third-order valence-corrected chi connectivity index (χ3v) is 6.04. The van der Waals surface area contributed by atoms with Gasteiger partial charge in [-0.3, -0.25) is 9.58 Å². The molecule has 0 aliphatic carbocycles. The first-order chi connectivity index (χ1) is 16.6. The fourth-order valence-electron chi connectivity index (χ4n) is 4.20. The van der Waals surface area contributed by atoms with Crippen LogP contribution in [-0.2, 0) is 29.0 Å². The van der Waals surface area contributed by atoms with E-state index < -0.39 is 11.6 Å². The average Bonchev–Trinajstić information content (AvgIpc) is 3.47. The van der Waals surface area contributed by atoms with Gasteiger partial charge in [0.05, 0.1) is 38.2 Å². The van der Waals surface area contributed by atoms with Crippen molar-refractivity contribution in [3.8, 4) is 0 Å². The first-order valence-electron chi connectivity index (χ1n) is 11.3. The van der Waals surface area contributed by atoms with Crippen LogP contribution in [0, 0.1) is 11.6 Å². The highest BCUT2D eigenvalue weighted by Crippen LogP contribution is 2.35. The topological polar surface area (TPSA) is 80.6 Å². The zero-order valence-electron chi connectivity index (χ0n) is 19.0. The van der Waals surface area contributed by atoms with Gasteiger partial charge in [-0.05, 0) is 18.6 Å². The number of halogens is 2. The number of nitrogens with zero attached hydrogens (tertiary/aromatic N) is 6. The molecule has 9 nitrogen and oxygen atoms in total. The summed E-state index contributed by atoms with van der Waals surface area (Å²) in [5, 5.41) is 7.41. The lowest BCUT2D eigenvalue weighted by molar-refractivity contribution is 0.0332. The molecule has 0 saturated carbocycles. The van der Waals surface area contributed by atoms with Crippen LogP contribution in [0.25, 0.3) is 0 Å². The van der Waals surface area contributed by atoms with Gasteiger partial charge in [-0.2, -0.15) is 10.1 Å². The van der Waals surface area contributed by atoms with E-state index in [1.807, 2.05) is 16.0 Å². The summed E-state index contributed by atoms with van der Waals surface area (Å²) >= 11 is 0. The minimum atomic E-state index is -0.550. The predicted molar refractivity (Wildman–Crippen MR) is 123 cm³/mol. The minimum absolute atomic E-state index is 0.0839. The standard InChI is InChI=1S/C23H27F2N7O2/c1-33-7-6-31-14-17(13-27-31)28-23-26-12-16-2-3-32(22(16)29-23)18-10-20(24)19(21(25)11-18)15-30-4-8-34-9-5-30/h10-14H,2-9,15H2,1H3,(H,26,28,29). The fourth-order valence-corrected chi connectivity index (χ4v) is 4.20. The molecule has 5 rings (SSSR count). The summed E-state index contributed by atoms with van der Waals surface area (Å²) in [6, 6.07) is 2.78. The molecule has 1 fully saturated rings. The van der Waals surface area contributed by atoms with Crippen molar-refractivity contribution < 1.29 is 18.3 Å². The molecule has 0 radical (unpaired) electrons. The van der Waals surface area contributed by atoms with Crippen molar-refractivity contribution in [1.82, 2.24) is 24.6 Å². The van der Waals surface area contributed by atoms with Gasteiger partial charge in [0.15, 0.2) is 0 Å². The van der Waals surface area contributed by atoms with E-state index in [9.17, 15) is 8.78 Å². The zero-order chi connectivity index (χ0) is 23.5. The molecule has 11 heteroatoms. The average molecular weight is 472 g/mol. The van der Waals surface area contributed by atoms with Crippen molar-refractivity contribution in [3.63, 3.8) is 0 Å². The van der Waals surface area contributed by atoms with Crippen LogP contribution in [0.15, 0.2) is 30.7 Å². The van der Waals surface area contributed by atoms with Crippen LogP contribution in [0.1, 0.15) is 11.1 Å². The van der Waals surface area contributed by atoms with Crippen LogP contribution in [0.3, 0.4) is 0 Å². The Morgan fingerprint density at radius 1 is 1.12 bits per heavy atom. The number of ether oxygens (including phenoxy) is 2. The van der Waals surface area contributed by atoms with Gasteiger partial charge in [0.25, 0.3) is 0 Å². The fraction of sp³-hybridized carbons (Fsp3) is 0.435. The van der Waals surface area contributed by atoms with Crippen LogP contribution < -0.4 is 10.2 Å². The van der Waals surface area contributed by atoms with Crippen LogP contribution in [0.4, 0.5) is 31.9 Å². The van der Waals surface area contributed by atoms with E-state index in [1.165, 1.54) is 12.1 Å². The third-order valence-electron chi connectivity index (χ3n) is 6.04. The number of benzene rings is 1. The van der Waals surface area contributed by atoms with Gasteiger partial charge < -0.3 is 19.7 Å². The van der Waals surface area contributed by atoms with E-state index in [-0.39, 0.29) is 12.1 Å². The summed E-state index contributed by atoms with van der Waals surface area (Å²) in [7, 11) is 1.64. The van der Waals surface area contributed by atoms with Gasteiger partial charge in [0, 0.05) is 62.5 Å². The van der Waals surface area contributed by atoms with Crippen molar-refractivity contribution in [3.05, 3.63) is 53.5 Å². The Balaban J connectivity index is 1.34. The van der Waals surface area contributed by atoms with E-state index in [1.54, 1.807) is 24.2 Å². The molecule has 1 aromatic carbocycles. The molecule has 0 amide bonds. The SMILES string of the molecule is COCCn1cc(Nc2ncc3c(n2)N(c2cc(F)c(CN4CCOCC4)c(F)c2)CC3)cn1. The molecule has 1 saturated heterocycles. The van der Waals surface area contributed by atoms with E-state index >= 15 is 0 Å². The highest BCUT2D eigenvalue weighted by molar-refractivity contribution is 5.68. The maximum absolute atomic E-state index is 15.0. The van der Waals surface area contributed by atoms with Crippen LogP contribution in [0.5, 0.6) is 0 Å². The van der Waals surface area contributed by atoms with Crippen molar-refractivity contribution >= 4 is 23.1 Å². The molecular weight excluding hydrogens is 444 g/mol. The first kappa shape index (κ1) is 22.6. The smallest absolute Gasteiger partial charge is 0.229 e. The van der Waals surface area contributed by atoms with E-state index in [4.69, 9.17) is 9.47 Å². The van der Waals surface area contributed by atoms with Crippen LogP contribution >= 0.6 is 0 Å². The van der Waals surface area contributed by atoms with Crippen molar-refractivity contribution in [2.45, 2.75) is 19.5 Å². The maximum atomic E-state index is 15.0. The molecular formula is C23H27F2N7O2. The van der Waals surface area contributed by atoms with Crippen molar-refractivity contribution in [1.29, 1.82) is 0 Å². The molecule has 0 spiro atoms. The van der Waals surface area contributed by atoms with Gasteiger partial charge in [0.1, 0.15) is 17.5 Å². The Morgan fingerprint density at radius 3 is 2.68 bits per heavy atom. The number of anilines is 4. The number of hydrogen-bond acceptors (Lipinski definition) is 8. The first-order valence-corrected chi connectivity index (χ1v) is 11.3. The summed E-state index contributed by atoms with van der Waals surface area (Å²) in [5.74, 6) is -0.0672. The van der Waals surface area contributed by atoms with Crippen LogP contribution in [-0.4, -0.2) is 71.2 Å². The van der Waals surface area contributed by atoms with Gasteiger partial charge in [-0.1, -0.05) is 0 Å². The molecule has 1 N–H and O–H groups in total. The van der Waals surface area contributed by atoms with Gasteiger partial charge in [-0.15, -0.1) is 0 Å². The van der Waals surface area contributed by atoms with Gasteiger partial charge in [0.2, 0.25) is 5.95 Å². The number of methoxy groups -OCH3 is 1. The zero-order valence-corrected chi connectivity index (χ0v) is 19.0. The predicted octanol–water partition coefficient (Wildman–Crippen LogP) is 2.87. The van der Waals surface area contributed by atoms with Crippen LogP contribution in [0.2, 0.25) is 0 Å². The number of morpholine rings is 1. The number of rotatable bonds is 8. The maximum Gasteiger partial charge on any atom is 0.229 e. The van der Waals surface area contributed by atoms with Crippen molar-refractivity contribution in [2.75, 3.05) is 56.8 Å². The summed E-state index contributed by atoms with van der Waals surface area (Å²) in [6.07, 6.45) is 5.97. The number of aromatic nitrogens is 4. The Labute approximate surface area is 196 Å². The van der Waals surface area contributed by atoms with Gasteiger partial charge in [-0.25, -0.2) is 13.8 Å². The molecule has 0 bridgehead atoms. The highest BCUT2D eigenvalue weighted by atomic mass is 19.1. The lowest BCUT2D eigenvalue weighted by Gasteiger charge is -2.27. The second-order valence-corrected chi connectivity index (χ2v) is 8.33. The quantitative estimate of drug-likeness (QED) is 0.537. The Morgan fingerprint density at radius 2 is 1.91 bits per heavy atom. The summed E-state index contributed by atoms with van der Waals surface area (Å²) in [5.41, 5.74) is 2.20. The third kappa shape index (κ3) is 4.86. The minimum Gasteiger partial charge on any atom is -0.383 e. The molecule has 180 valence electrons. The molecule has 2 aliphatic rings. The molecule has 0 atom stereocenters.